The van der Waals surface area contributed by atoms with Gasteiger partial charge < -0.3 is 10.2 Å². The summed E-state index contributed by atoms with van der Waals surface area (Å²) < 4.78 is 25.9. The Labute approximate surface area is 155 Å². The molecule has 1 fully saturated rings. The summed E-state index contributed by atoms with van der Waals surface area (Å²) in [4.78, 5) is 14.3. The van der Waals surface area contributed by atoms with Crippen LogP contribution in [0.1, 0.15) is 25.7 Å². The van der Waals surface area contributed by atoms with E-state index in [9.17, 15) is 13.2 Å². The fourth-order valence-corrected chi connectivity index (χ4v) is 4.87. The van der Waals surface area contributed by atoms with Gasteiger partial charge in [-0.05, 0) is 31.0 Å². The van der Waals surface area contributed by atoms with Crippen LogP contribution in [-0.2, 0) is 14.8 Å². The molecular formula is C17H27N3O3S2. The predicted molar refractivity (Wildman–Crippen MR) is 105 cm³/mol. The van der Waals surface area contributed by atoms with E-state index in [-0.39, 0.29) is 10.8 Å². The van der Waals surface area contributed by atoms with Crippen molar-refractivity contribution in [3.63, 3.8) is 0 Å². The van der Waals surface area contributed by atoms with Gasteiger partial charge in [-0.2, -0.15) is 0 Å². The van der Waals surface area contributed by atoms with Crippen molar-refractivity contribution in [2.24, 2.45) is 0 Å². The van der Waals surface area contributed by atoms with E-state index in [1.54, 1.807) is 23.9 Å². The van der Waals surface area contributed by atoms with Crippen molar-refractivity contribution in [1.29, 1.82) is 0 Å². The van der Waals surface area contributed by atoms with Crippen molar-refractivity contribution in [2.45, 2.75) is 35.8 Å². The molecule has 1 aromatic carbocycles. The average Bonchev–Trinajstić information content (AvgIpc) is 3.05. The zero-order valence-corrected chi connectivity index (χ0v) is 16.9. The summed E-state index contributed by atoms with van der Waals surface area (Å²) in [5, 5.41) is 3.45. The molecule has 0 radical (unpaired) electrons. The summed E-state index contributed by atoms with van der Waals surface area (Å²) in [6.07, 6.45) is 4.85. The predicted octanol–water partition coefficient (Wildman–Crippen LogP) is 2.62. The Kier molecular flexibility index (Phi) is 6.76. The number of anilines is 2. The molecule has 1 aliphatic rings. The molecule has 0 spiro atoms. The topological polar surface area (TPSA) is 69.7 Å². The molecule has 1 N–H and O–H groups in total. The van der Waals surface area contributed by atoms with E-state index in [2.05, 4.69) is 5.32 Å². The maximum Gasteiger partial charge on any atom is 0.242 e. The molecule has 2 rings (SSSR count). The standard InChI is InChI=1S/C17H27N3O3S2/c1-19(2)16-10-9-14(25(22,23)20(3)4)11-15(16)18-17(21)12-24-13-7-5-6-8-13/h9-11,13H,5-8,12H2,1-4H3,(H,18,21). The van der Waals surface area contributed by atoms with Crippen LogP contribution in [0.4, 0.5) is 11.4 Å². The van der Waals surface area contributed by atoms with Gasteiger partial charge in [0.25, 0.3) is 0 Å². The zero-order valence-electron chi connectivity index (χ0n) is 15.3. The molecule has 1 amide bonds. The first-order valence-electron chi connectivity index (χ1n) is 8.37. The van der Waals surface area contributed by atoms with E-state index < -0.39 is 10.0 Å². The van der Waals surface area contributed by atoms with E-state index in [1.807, 2.05) is 19.0 Å². The van der Waals surface area contributed by atoms with Crippen molar-refractivity contribution in [2.75, 3.05) is 44.2 Å². The molecule has 0 atom stereocenters. The number of nitrogens with one attached hydrogen (secondary N) is 1. The molecule has 140 valence electrons. The maximum absolute atomic E-state index is 12.3. The fraction of sp³-hybridized carbons (Fsp3) is 0.588. The van der Waals surface area contributed by atoms with E-state index in [0.29, 0.717) is 16.7 Å². The van der Waals surface area contributed by atoms with Gasteiger partial charge in [0.05, 0.1) is 22.0 Å². The molecule has 0 aromatic heterocycles. The Morgan fingerprint density at radius 1 is 1.20 bits per heavy atom. The van der Waals surface area contributed by atoms with Crippen LogP contribution >= 0.6 is 11.8 Å². The number of carbonyl (C=O) groups excluding carboxylic acids is 1. The van der Waals surface area contributed by atoms with Crippen LogP contribution < -0.4 is 10.2 Å². The van der Waals surface area contributed by atoms with Crippen molar-refractivity contribution in [1.82, 2.24) is 4.31 Å². The summed E-state index contributed by atoms with van der Waals surface area (Å²) in [6, 6.07) is 4.81. The van der Waals surface area contributed by atoms with Gasteiger partial charge in [0.15, 0.2) is 0 Å². The molecule has 1 aliphatic carbocycles. The van der Waals surface area contributed by atoms with Gasteiger partial charge in [0.2, 0.25) is 15.9 Å². The number of carbonyl (C=O) groups is 1. The first-order chi connectivity index (χ1) is 11.7. The number of thioether (sulfide) groups is 1. The molecule has 0 bridgehead atoms. The highest BCUT2D eigenvalue weighted by Crippen LogP contribution is 2.31. The Balaban J connectivity index is 2.17. The summed E-state index contributed by atoms with van der Waals surface area (Å²) in [7, 11) is 3.16. The van der Waals surface area contributed by atoms with Crippen molar-refractivity contribution in [3.05, 3.63) is 18.2 Å². The summed E-state index contributed by atoms with van der Waals surface area (Å²) in [5.41, 5.74) is 1.29. The molecule has 0 aliphatic heterocycles. The second kappa shape index (κ2) is 8.42. The van der Waals surface area contributed by atoms with Gasteiger partial charge in [-0.25, -0.2) is 12.7 Å². The summed E-state index contributed by atoms with van der Waals surface area (Å²) in [6.45, 7) is 0. The minimum Gasteiger partial charge on any atom is -0.376 e. The largest absolute Gasteiger partial charge is 0.376 e. The van der Waals surface area contributed by atoms with Crippen LogP contribution in [0, 0.1) is 0 Å². The van der Waals surface area contributed by atoms with Gasteiger partial charge in [0.1, 0.15) is 0 Å². The van der Waals surface area contributed by atoms with Crippen LogP contribution in [0.2, 0.25) is 0 Å². The van der Waals surface area contributed by atoms with Crippen LogP contribution in [-0.4, -0.2) is 57.8 Å². The normalized spacial score (nSPS) is 15.6. The van der Waals surface area contributed by atoms with Gasteiger partial charge in [-0.1, -0.05) is 12.8 Å². The third-order valence-corrected chi connectivity index (χ3v) is 7.44. The lowest BCUT2D eigenvalue weighted by atomic mass is 10.2. The van der Waals surface area contributed by atoms with E-state index in [0.717, 1.165) is 5.69 Å². The van der Waals surface area contributed by atoms with Crippen molar-refractivity contribution < 1.29 is 13.2 Å². The van der Waals surface area contributed by atoms with Gasteiger partial charge in [-0.3, -0.25) is 4.79 Å². The number of hydrogen-bond acceptors (Lipinski definition) is 5. The molecular weight excluding hydrogens is 358 g/mol. The van der Waals surface area contributed by atoms with Crippen molar-refractivity contribution in [3.8, 4) is 0 Å². The Bertz CT molecular complexity index is 712. The van der Waals surface area contributed by atoms with Crippen LogP contribution in [0.15, 0.2) is 23.1 Å². The molecule has 1 saturated carbocycles. The van der Waals surface area contributed by atoms with Crippen LogP contribution in [0.25, 0.3) is 0 Å². The summed E-state index contributed by atoms with van der Waals surface area (Å²) >= 11 is 1.69. The lowest BCUT2D eigenvalue weighted by molar-refractivity contribution is -0.113. The third kappa shape index (κ3) is 5.12. The molecule has 1 aromatic rings. The quantitative estimate of drug-likeness (QED) is 0.781. The molecule has 6 nitrogen and oxygen atoms in total. The molecule has 0 heterocycles. The minimum atomic E-state index is -3.54. The van der Waals surface area contributed by atoms with Gasteiger partial charge in [0, 0.05) is 33.4 Å². The number of benzene rings is 1. The molecule has 25 heavy (non-hydrogen) atoms. The lowest BCUT2D eigenvalue weighted by Gasteiger charge is -2.20. The molecule has 0 unspecified atom stereocenters. The van der Waals surface area contributed by atoms with Gasteiger partial charge >= 0.3 is 0 Å². The highest BCUT2D eigenvalue weighted by atomic mass is 32.2. The van der Waals surface area contributed by atoms with E-state index in [1.165, 1.54) is 50.2 Å². The number of nitrogens with zero attached hydrogens (tertiary/aromatic N) is 2. The molecule has 8 heteroatoms. The monoisotopic (exact) mass is 385 g/mol. The van der Waals surface area contributed by atoms with Gasteiger partial charge in [-0.15, -0.1) is 11.8 Å². The van der Waals surface area contributed by atoms with E-state index >= 15 is 0 Å². The highest BCUT2D eigenvalue weighted by molar-refractivity contribution is 8.00. The lowest BCUT2D eigenvalue weighted by Crippen LogP contribution is -2.23. The smallest absolute Gasteiger partial charge is 0.242 e. The average molecular weight is 386 g/mol. The van der Waals surface area contributed by atoms with E-state index in [4.69, 9.17) is 0 Å². The minimum absolute atomic E-state index is 0.0978. The highest BCUT2D eigenvalue weighted by Gasteiger charge is 2.21. The van der Waals surface area contributed by atoms with Crippen LogP contribution in [0.5, 0.6) is 0 Å². The Morgan fingerprint density at radius 2 is 1.84 bits per heavy atom. The van der Waals surface area contributed by atoms with Crippen molar-refractivity contribution >= 4 is 39.1 Å². The first kappa shape index (κ1) is 20.1. The Hall–Kier alpha value is -1.25. The first-order valence-corrected chi connectivity index (χ1v) is 10.9. The van der Waals surface area contributed by atoms with Crippen LogP contribution in [0.3, 0.4) is 0 Å². The number of amides is 1. The number of rotatable bonds is 7. The molecule has 0 saturated heterocycles. The number of sulfonamides is 1. The number of hydrogen-bond donors (Lipinski definition) is 1. The second-order valence-corrected chi connectivity index (χ2v) is 10.1. The Morgan fingerprint density at radius 3 is 2.40 bits per heavy atom. The third-order valence-electron chi connectivity index (χ3n) is 4.25. The summed E-state index contributed by atoms with van der Waals surface area (Å²) in [5.74, 6) is 0.293. The zero-order chi connectivity index (χ0) is 18.6. The second-order valence-electron chi connectivity index (χ2n) is 6.63. The fourth-order valence-electron chi connectivity index (χ4n) is 2.81. The maximum atomic E-state index is 12.3. The SMILES string of the molecule is CN(C)c1ccc(S(=O)(=O)N(C)C)cc1NC(=O)CSC1CCCC1.